The van der Waals surface area contributed by atoms with E-state index in [2.05, 4.69) is 66.0 Å². The van der Waals surface area contributed by atoms with Gasteiger partial charge in [0.2, 0.25) is 0 Å². The van der Waals surface area contributed by atoms with Crippen molar-refractivity contribution in [3.63, 3.8) is 0 Å². The molecule has 0 aliphatic rings. The second-order valence-corrected chi connectivity index (χ2v) is 12.7. The molecule has 0 fully saturated rings. The van der Waals surface area contributed by atoms with E-state index in [1.165, 1.54) is 14.7 Å². The summed E-state index contributed by atoms with van der Waals surface area (Å²) in [5, 5.41) is 1.84. The van der Waals surface area contributed by atoms with Crippen molar-refractivity contribution in [2.45, 2.75) is 52.9 Å². The van der Waals surface area contributed by atoms with Crippen LogP contribution < -0.4 is 10.6 Å². The Hall–Kier alpha value is -0.390. The molecule has 0 unspecified atom stereocenters. The van der Waals surface area contributed by atoms with Crippen LogP contribution in [0.15, 0.2) is 78.7 Å². The molecule has 28 heavy (non-hydrogen) atoms. The van der Waals surface area contributed by atoms with E-state index < -0.39 is 7.14 Å². The van der Waals surface area contributed by atoms with E-state index in [9.17, 15) is 4.57 Å². The van der Waals surface area contributed by atoms with E-state index in [0.29, 0.717) is 0 Å². The highest BCUT2D eigenvalue weighted by Crippen LogP contribution is 2.58. The average molecular weight is 618 g/mol. The first-order valence-corrected chi connectivity index (χ1v) is 13.8. The summed E-state index contributed by atoms with van der Waals surface area (Å²) in [6.45, 7) is 6.64. The Morgan fingerprint density at radius 2 is 1.29 bits per heavy atom. The summed E-state index contributed by atoms with van der Waals surface area (Å²) < 4.78 is 17.2. The number of halogens is 2. The van der Waals surface area contributed by atoms with Crippen molar-refractivity contribution in [1.29, 1.82) is 0 Å². The van der Waals surface area contributed by atoms with Crippen molar-refractivity contribution in [2.24, 2.45) is 0 Å². The first kappa shape index (κ1) is 23.9. The lowest BCUT2D eigenvalue weighted by molar-refractivity contribution is 0.591. The van der Waals surface area contributed by atoms with Crippen molar-refractivity contribution >= 4 is 62.9 Å². The first-order valence-electron chi connectivity index (χ1n) is 9.98. The molecule has 0 radical (unpaired) electrons. The van der Waals surface area contributed by atoms with Gasteiger partial charge in [0.1, 0.15) is 0 Å². The SMILES string of the molecule is CCCCC(/C(CC)=C(\I)CC)=C(/I)P(=O)(c1ccccc1)c1ccccc1. The van der Waals surface area contributed by atoms with Gasteiger partial charge in [0.25, 0.3) is 0 Å². The Kier molecular flexibility index (Phi) is 9.99. The van der Waals surface area contributed by atoms with Crippen LogP contribution in [0.1, 0.15) is 52.9 Å². The van der Waals surface area contributed by atoms with Gasteiger partial charge >= 0.3 is 0 Å². The van der Waals surface area contributed by atoms with Crippen molar-refractivity contribution in [2.75, 3.05) is 0 Å². The summed E-state index contributed by atoms with van der Waals surface area (Å²) in [6.07, 6.45) is 5.22. The molecule has 4 heteroatoms. The van der Waals surface area contributed by atoms with Gasteiger partial charge in [-0.05, 0) is 85.6 Å². The van der Waals surface area contributed by atoms with E-state index >= 15 is 0 Å². The lowest BCUT2D eigenvalue weighted by Gasteiger charge is -2.24. The van der Waals surface area contributed by atoms with Crippen LogP contribution in [-0.4, -0.2) is 0 Å². The Morgan fingerprint density at radius 3 is 1.68 bits per heavy atom. The molecule has 2 aromatic carbocycles. The van der Waals surface area contributed by atoms with Crippen LogP contribution in [0.4, 0.5) is 0 Å². The smallest absolute Gasteiger partial charge is 0.177 e. The van der Waals surface area contributed by atoms with E-state index in [0.717, 1.165) is 46.0 Å². The molecule has 0 saturated heterocycles. The second kappa shape index (κ2) is 11.7. The van der Waals surface area contributed by atoms with Crippen molar-refractivity contribution in [1.82, 2.24) is 0 Å². The number of unbranched alkanes of at least 4 members (excludes halogenated alkanes) is 1. The number of rotatable bonds is 9. The maximum absolute atomic E-state index is 14.8. The summed E-state index contributed by atoms with van der Waals surface area (Å²) in [4.78, 5) is 0. The third kappa shape index (κ3) is 5.40. The molecule has 0 spiro atoms. The molecule has 0 N–H and O–H groups in total. The summed E-state index contributed by atoms with van der Waals surface area (Å²) in [6, 6.07) is 20.0. The van der Waals surface area contributed by atoms with Crippen LogP contribution in [0.25, 0.3) is 0 Å². The predicted molar refractivity (Wildman–Crippen MR) is 142 cm³/mol. The Bertz CT molecular complexity index is 826. The predicted octanol–water partition coefficient (Wildman–Crippen LogP) is 8.35. The summed E-state index contributed by atoms with van der Waals surface area (Å²) in [7, 11) is -2.90. The van der Waals surface area contributed by atoms with Gasteiger partial charge in [-0.3, -0.25) is 0 Å². The quantitative estimate of drug-likeness (QED) is 0.157. The minimum atomic E-state index is -2.90. The van der Waals surface area contributed by atoms with Gasteiger partial charge in [-0.1, -0.05) is 87.9 Å². The first-order chi connectivity index (χ1) is 13.5. The lowest BCUT2D eigenvalue weighted by atomic mass is 9.99. The number of benzene rings is 2. The molecule has 0 aliphatic carbocycles. The van der Waals surface area contributed by atoms with Crippen LogP contribution in [0.3, 0.4) is 0 Å². The Labute approximate surface area is 197 Å². The molecule has 0 aliphatic heterocycles. The molecular formula is C24H29I2OP. The van der Waals surface area contributed by atoms with Gasteiger partial charge in [0, 0.05) is 10.6 Å². The third-order valence-electron chi connectivity index (χ3n) is 4.90. The van der Waals surface area contributed by atoms with E-state index in [4.69, 9.17) is 0 Å². The summed E-state index contributed by atoms with van der Waals surface area (Å²) >= 11 is 4.87. The molecule has 0 aromatic heterocycles. The molecule has 0 heterocycles. The van der Waals surface area contributed by atoms with E-state index in [1.807, 2.05) is 60.7 Å². The standard InChI is InChI=1S/C24H29I2OP/c1-4-7-18-22(21(5-2)23(25)6-3)24(26)28(27,19-14-10-8-11-15-19)20-16-12-9-13-17-20/h8-17H,4-7,18H2,1-3H3/b23-21-,24-22+. The van der Waals surface area contributed by atoms with Crippen LogP contribution >= 0.6 is 52.3 Å². The largest absolute Gasteiger partial charge is 0.308 e. The zero-order chi connectivity index (χ0) is 20.6. The van der Waals surface area contributed by atoms with Crippen molar-refractivity contribution in [3.8, 4) is 0 Å². The molecule has 2 aromatic rings. The van der Waals surface area contributed by atoms with E-state index in [-0.39, 0.29) is 0 Å². The van der Waals surface area contributed by atoms with Gasteiger partial charge in [-0.25, -0.2) is 0 Å². The molecule has 0 atom stereocenters. The van der Waals surface area contributed by atoms with Gasteiger partial charge in [-0.15, -0.1) is 0 Å². The number of hydrogen-bond acceptors (Lipinski definition) is 1. The molecule has 2 rings (SSSR count). The summed E-state index contributed by atoms with van der Waals surface area (Å²) in [5.74, 6) is 0. The maximum Gasteiger partial charge on any atom is 0.177 e. The van der Waals surface area contributed by atoms with Crippen LogP contribution in [0.5, 0.6) is 0 Å². The highest BCUT2D eigenvalue weighted by Gasteiger charge is 2.33. The third-order valence-corrected chi connectivity index (χ3v) is 11.9. The molecule has 1 nitrogen and oxygen atoms in total. The van der Waals surface area contributed by atoms with Gasteiger partial charge in [0.05, 0.1) is 3.32 Å². The van der Waals surface area contributed by atoms with Crippen LogP contribution in [0.2, 0.25) is 0 Å². The number of allylic oxidation sites excluding steroid dienone is 3. The fraction of sp³-hybridized carbons (Fsp3) is 0.333. The Balaban J connectivity index is 2.83. The zero-order valence-corrected chi connectivity index (χ0v) is 22.1. The maximum atomic E-state index is 14.8. The zero-order valence-electron chi connectivity index (χ0n) is 16.9. The van der Waals surface area contributed by atoms with Crippen LogP contribution in [-0.2, 0) is 4.57 Å². The normalized spacial score (nSPS) is 13.8. The van der Waals surface area contributed by atoms with Gasteiger partial charge < -0.3 is 4.57 Å². The average Bonchev–Trinajstić information content (AvgIpc) is 2.76. The van der Waals surface area contributed by atoms with Crippen molar-refractivity contribution < 1.29 is 4.57 Å². The lowest BCUT2D eigenvalue weighted by Crippen LogP contribution is -2.17. The van der Waals surface area contributed by atoms with E-state index in [1.54, 1.807) is 0 Å². The van der Waals surface area contributed by atoms with Gasteiger partial charge in [-0.2, -0.15) is 0 Å². The molecular weight excluding hydrogens is 589 g/mol. The second-order valence-electron chi connectivity index (χ2n) is 6.74. The van der Waals surface area contributed by atoms with Gasteiger partial charge in [0.15, 0.2) is 7.14 Å². The molecule has 0 bridgehead atoms. The molecule has 0 saturated carbocycles. The highest BCUT2D eigenvalue weighted by molar-refractivity contribution is 14.1. The molecule has 0 amide bonds. The fourth-order valence-corrected chi connectivity index (χ4v) is 8.89. The van der Waals surface area contributed by atoms with Crippen LogP contribution in [0, 0.1) is 0 Å². The van der Waals surface area contributed by atoms with Crippen molar-refractivity contribution in [3.05, 3.63) is 78.7 Å². The number of hydrogen-bond donors (Lipinski definition) is 0. The topological polar surface area (TPSA) is 17.1 Å². The Morgan fingerprint density at radius 1 is 0.786 bits per heavy atom. The highest BCUT2D eigenvalue weighted by atomic mass is 127. The monoisotopic (exact) mass is 618 g/mol. The fourth-order valence-electron chi connectivity index (χ4n) is 3.36. The molecule has 150 valence electrons. The minimum absolute atomic E-state index is 0.918. The summed E-state index contributed by atoms with van der Waals surface area (Å²) in [5.41, 5.74) is 2.68. The minimum Gasteiger partial charge on any atom is -0.308 e.